The number of aromatic amines is 1. The van der Waals surface area contributed by atoms with Gasteiger partial charge in [-0.3, -0.25) is 9.36 Å². The molecule has 1 N–H and O–H groups in total. The summed E-state index contributed by atoms with van der Waals surface area (Å²) < 4.78 is 3.17. The number of rotatable bonds is 1. The van der Waals surface area contributed by atoms with Gasteiger partial charge in [0.05, 0.1) is 5.52 Å². The lowest BCUT2D eigenvalue weighted by atomic mass is 9.83. The van der Waals surface area contributed by atoms with Crippen LogP contribution in [-0.2, 0) is 5.54 Å². The van der Waals surface area contributed by atoms with Gasteiger partial charge in [-0.15, -0.1) is 11.3 Å². The Kier molecular flexibility index (Phi) is 2.90. The fourth-order valence-corrected chi connectivity index (χ4v) is 4.16. The van der Waals surface area contributed by atoms with E-state index in [2.05, 4.69) is 11.9 Å². The van der Waals surface area contributed by atoms with Crippen molar-refractivity contribution in [2.24, 2.45) is 0 Å². The summed E-state index contributed by atoms with van der Waals surface area (Å²) in [6.45, 7) is 2.16. The lowest BCUT2D eigenvalue weighted by Crippen LogP contribution is -2.41. The van der Waals surface area contributed by atoms with Crippen molar-refractivity contribution in [1.29, 1.82) is 0 Å². The van der Waals surface area contributed by atoms with Crippen LogP contribution >= 0.6 is 23.6 Å². The SMILES string of the molecule is CC1(n2c(=S)[nH]c3ccsc3c2=O)CCCCC1. The van der Waals surface area contributed by atoms with Crippen molar-refractivity contribution in [3.63, 3.8) is 0 Å². The lowest BCUT2D eigenvalue weighted by molar-refractivity contribution is 0.209. The van der Waals surface area contributed by atoms with E-state index in [1.165, 1.54) is 30.6 Å². The Bertz CT molecular complexity index is 689. The maximum Gasteiger partial charge on any atom is 0.272 e. The normalized spacial score (nSPS) is 19.2. The standard InChI is InChI=1S/C13H16N2OS2/c1-13(6-3-2-4-7-13)15-11(16)10-9(5-8-18-10)14-12(15)17/h5,8H,2-4,6-7H2,1H3,(H,14,17). The zero-order valence-electron chi connectivity index (χ0n) is 10.4. The van der Waals surface area contributed by atoms with Gasteiger partial charge in [-0.05, 0) is 43.4 Å². The Labute approximate surface area is 114 Å². The minimum atomic E-state index is -0.110. The molecule has 0 aromatic carbocycles. The molecule has 18 heavy (non-hydrogen) atoms. The summed E-state index contributed by atoms with van der Waals surface area (Å²) in [5, 5.41) is 1.94. The molecule has 0 amide bonds. The molecule has 0 unspecified atom stereocenters. The molecule has 0 radical (unpaired) electrons. The van der Waals surface area contributed by atoms with Crippen LogP contribution in [0.5, 0.6) is 0 Å². The quantitative estimate of drug-likeness (QED) is 0.807. The second-order valence-electron chi connectivity index (χ2n) is 5.29. The predicted octanol–water partition coefficient (Wildman–Crippen LogP) is 3.80. The maximum atomic E-state index is 12.6. The molecule has 1 aliphatic carbocycles. The zero-order chi connectivity index (χ0) is 12.8. The Morgan fingerprint density at radius 3 is 2.83 bits per heavy atom. The van der Waals surface area contributed by atoms with Gasteiger partial charge in [0.15, 0.2) is 4.77 Å². The van der Waals surface area contributed by atoms with Crippen LogP contribution < -0.4 is 5.56 Å². The smallest absolute Gasteiger partial charge is 0.272 e. The molecule has 2 heterocycles. The highest BCUT2D eigenvalue weighted by Gasteiger charge is 2.31. The van der Waals surface area contributed by atoms with E-state index in [9.17, 15) is 4.79 Å². The molecule has 5 heteroatoms. The molecular formula is C13H16N2OS2. The van der Waals surface area contributed by atoms with Crippen LogP contribution in [0.15, 0.2) is 16.2 Å². The largest absolute Gasteiger partial charge is 0.331 e. The first kappa shape index (κ1) is 12.1. The van der Waals surface area contributed by atoms with Gasteiger partial charge in [0.25, 0.3) is 5.56 Å². The number of H-pyrrole nitrogens is 1. The van der Waals surface area contributed by atoms with Crippen molar-refractivity contribution in [1.82, 2.24) is 9.55 Å². The minimum absolute atomic E-state index is 0.0770. The molecule has 1 saturated carbocycles. The Hall–Kier alpha value is -0.940. The summed E-state index contributed by atoms with van der Waals surface area (Å²) in [5.74, 6) is 0. The van der Waals surface area contributed by atoms with Gasteiger partial charge < -0.3 is 4.98 Å². The second-order valence-corrected chi connectivity index (χ2v) is 6.59. The van der Waals surface area contributed by atoms with Crippen LogP contribution in [0.2, 0.25) is 0 Å². The van der Waals surface area contributed by atoms with Crippen molar-refractivity contribution in [2.75, 3.05) is 0 Å². The van der Waals surface area contributed by atoms with Crippen molar-refractivity contribution in [2.45, 2.75) is 44.6 Å². The van der Waals surface area contributed by atoms with Gasteiger partial charge in [0.1, 0.15) is 4.70 Å². The Balaban J connectivity index is 2.28. The van der Waals surface area contributed by atoms with Crippen molar-refractivity contribution < 1.29 is 0 Å². The van der Waals surface area contributed by atoms with Gasteiger partial charge in [-0.2, -0.15) is 0 Å². The summed E-state index contributed by atoms with van der Waals surface area (Å²) in [6.07, 6.45) is 5.71. The third kappa shape index (κ3) is 1.77. The number of aromatic nitrogens is 2. The van der Waals surface area contributed by atoms with Crippen LogP contribution in [0.4, 0.5) is 0 Å². The highest BCUT2D eigenvalue weighted by molar-refractivity contribution is 7.71. The third-order valence-corrected chi connectivity index (χ3v) is 5.16. The van der Waals surface area contributed by atoms with E-state index in [1.807, 2.05) is 16.0 Å². The summed E-state index contributed by atoms with van der Waals surface area (Å²) >= 11 is 6.89. The van der Waals surface area contributed by atoms with Crippen LogP contribution in [0.3, 0.4) is 0 Å². The van der Waals surface area contributed by atoms with E-state index in [1.54, 1.807) is 0 Å². The number of hydrogen-bond acceptors (Lipinski definition) is 3. The molecule has 2 aromatic rings. The van der Waals surface area contributed by atoms with Gasteiger partial charge in [-0.1, -0.05) is 19.3 Å². The van der Waals surface area contributed by atoms with E-state index in [0.717, 1.165) is 23.1 Å². The number of thiophene rings is 1. The van der Waals surface area contributed by atoms with E-state index in [0.29, 0.717) is 4.77 Å². The predicted molar refractivity (Wildman–Crippen MR) is 78.0 cm³/mol. The van der Waals surface area contributed by atoms with Crippen LogP contribution in [-0.4, -0.2) is 9.55 Å². The number of nitrogens with one attached hydrogen (secondary N) is 1. The first-order valence-corrected chi connectivity index (χ1v) is 7.64. The molecule has 1 aliphatic rings. The molecule has 0 atom stereocenters. The molecule has 0 saturated heterocycles. The molecule has 3 rings (SSSR count). The highest BCUT2D eigenvalue weighted by Crippen LogP contribution is 2.34. The van der Waals surface area contributed by atoms with Crippen molar-refractivity contribution in [3.05, 3.63) is 26.6 Å². The van der Waals surface area contributed by atoms with Gasteiger partial charge >= 0.3 is 0 Å². The lowest BCUT2D eigenvalue weighted by Gasteiger charge is -2.35. The average Bonchev–Trinajstić information content (AvgIpc) is 2.77. The van der Waals surface area contributed by atoms with Crippen molar-refractivity contribution in [3.8, 4) is 0 Å². The summed E-state index contributed by atoms with van der Waals surface area (Å²) in [4.78, 5) is 15.8. The molecule has 1 fully saturated rings. The summed E-state index contributed by atoms with van der Waals surface area (Å²) in [7, 11) is 0. The minimum Gasteiger partial charge on any atom is -0.331 e. The summed E-state index contributed by atoms with van der Waals surface area (Å²) in [6, 6.07) is 1.92. The number of nitrogens with zero attached hydrogens (tertiary/aromatic N) is 1. The average molecular weight is 280 g/mol. The molecular weight excluding hydrogens is 264 g/mol. The Morgan fingerprint density at radius 1 is 1.39 bits per heavy atom. The number of fused-ring (bicyclic) bond motifs is 1. The molecule has 0 aliphatic heterocycles. The van der Waals surface area contributed by atoms with Crippen LogP contribution in [0.1, 0.15) is 39.0 Å². The first-order valence-electron chi connectivity index (χ1n) is 6.35. The molecule has 0 bridgehead atoms. The van der Waals surface area contributed by atoms with Crippen LogP contribution in [0, 0.1) is 4.77 Å². The van der Waals surface area contributed by atoms with Crippen molar-refractivity contribution >= 4 is 33.8 Å². The fourth-order valence-electron chi connectivity index (χ4n) is 2.97. The molecule has 96 valence electrons. The third-order valence-electron chi connectivity index (χ3n) is 3.98. The fraction of sp³-hybridized carbons (Fsp3) is 0.538. The molecule has 3 nitrogen and oxygen atoms in total. The van der Waals surface area contributed by atoms with E-state index in [4.69, 9.17) is 12.2 Å². The summed E-state index contributed by atoms with van der Waals surface area (Å²) in [5.41, 5.74) is 0.833. The van der Waals surface area contributed by atoms with Gasteiger partial charge in [-0.25, -0.2) is 0 Å². The molecule has 2 aromatic heterocycles. The van der Waals surface area contributed by atoms with E-state index >= 15 is 0 Å². The Morgan fingerprint density at radius 2 is 2.11 bits per heavy atom. The zero-order valence-corrected chi connectivity index (χ0v) is 12.0. The van der Waals surface area contributed by atoms with E-state index in [-0.39, 0.29) is 11.1 Å². The molecule has 0 spiro atoms. The van der Waals surface area contributed by atoms with E-state index < -0.39 is 0 Å². The van der Waals surface area contributed by atoms with Gasteiger partial charge in [0, 0.05) is 5.54 Å². The monoisotopic (exact) mass is 280 g/mol. The number of hydrogen-bond donors (Lipinski definition) is 1. The van der Waals surface area contributed by atoms with Crippen LogP contribution in [0.25, 0.3) is 10.2 Å². The topological polar surface area (TPSA) is 37.8 Å². The van der Waals surface area contributed by atoms with Gasteiger partial charge in [0.2, 0.25) is 0 Å². The maximum absolute atomic E-state index is 12.6. The first-order chi connectivity index (χ1) is 8.62. The second kappa shape index (κ2) is 4.31. The highest BCUT2D eigenvalue weighted by atomic mass is 32.1.